The smallest absolute Gasteiger partial charge is 0.243 e. The zero-order valence-electron chi connectivity index (χ0n) is 12.1. The molecule has 0 spiro atoms. The van der Waals surface area contributed by atoms with Crippen molar-refractivity contribution < 1.29 is 29.2 Å². The van der Waals surface area contributed by atoms with Crippen molar-refractivity contribution in [3.05, 3.63) is 24.3 Å². The molecule has 1 amide bonds. The Morgan fingerprint density at radius 3 is 2.50 bits per heavy atom. The van der Waals surface area contributed by atoms with Crippen molar-refractivity contribution in [3.63, 3.8) is 0 Å². The fourth-order valence-electron chi connectivity index (χ4n) is 2.15. The molecule has 22 heavy (non-hydrogen) atoms. The van der Waals surface area contributed by atoms with Gasteiger partial charge in [0.15, 0.2) is 0 Å². The number of primary amides is 1. The summed E-state index contributed by atoms with van der Waals surface area (Å²) in [6.45, 7) is 1.19. The number of carbonyl (C=O) groups excluding carboxylic acids is 1. The second-order valence-electron chi connectivity index (χ2n) is 5.12. The monoisotopic (exact) mass is 312 g/mol. The molecule has 0 unspecified atom stereocenters. The Morgan fingerprint density at radius 1 is 1.27 bits per heavy atom. The third kappa shape index (κ3) is 3.86. The van der Waals surface area contributed by atoms with Gasteiger partial charge in [0, 0.05) is 5.69 Å². The minimum Gasteiger partial charge on any atom is -0.462 e. The first-order chi connectivity index (χ1) is 10.4. The molecule has 1 aliphatic rings. The predicted octanol–water partition coefficient (Wildman–Crippen LogP) is -1.02. The fourth-order valence-corrected chi connectivity index (χ4v) is 2.15. The number of hydrogen-bond acceptors (Lipinski definition) is 7. The Labute approximate surface area is 127 Å². The van der Waals surface area contributed by atoms with Crippen molar-refractivity contribution in [1.29, 1.82) is 0 Å². The van der Waals surface area contributed by atoms with E-state index < -0.39 is 43.2 Å². The van der Waals surface area contributed by atoms with Gasteiger partial charge in [-0.3, -0.25) is 4.79 Å². The maximum absolute atomic E-state index is 10.8. The summed E-state index contributed by atoms with van der Waals surface area (Å²) in [6.07, 6.45) is -5.15. The summed E-state index contributed by atoms with van der Waals surface area (Å²) in [7, 11) is 0. The van der Waals surface area contributed by atoms with Gasteiger partial charge < -0.3 is 35.9 Å². The van der Waals surface area contributed by atoms with Gasteiger partial charge in [-0.25, -0.2) is 0 Å². The number of nitrogens with two attached hydrogens (primary N) is 2. The molecule has 2 rings (SSSR count). The van der Waals surface area contributed by atoms with Crippen LogP contribution in [0.4, 0.5) is 5.69 Å². The molecule has 0 radical (unpaired) electrons. The highest BCUT2D eigenvalue weighted by Crippen LogP contribution is 2.26. The maximum Gasteiger partial charge on any atom is 0.243 e. The number of carbonyl (C=O) groups is 1. The van der Waals surface area contributed by atoms with E-state index in [0.29, 0.717) is 11.4 Å². The highest BCUT2D eigenvalue weighted by molar-refractivity contribution is 5.75. The van der Waals surface area contributed by atoms with Gasteiger partial charge in [-0.05, 0) is 31.2 Å². The van der Waals surface area contributed by atoms with Crippen LogP contribution in [0.1, 0.15) is 6.92 Å². The minimum absolute atomic E-state index is 0.417. The predicted molar refractivity (Wildman–Crippen MR) is 76.8 cm³/mol. The molecule has 1 aromatic carbocycles. The fraction of sp³-hybridized carbons (Fsp3) is 0.500. The van der Waals surface area contributed by atoms with Crippen LogP contribution < -0.4 is 16.2 Å². The zero-order valence-corrected chi connectivity index (χ0v) is 12.1. The van der Waals surface area contributed by atoms with Crippen LogP contribution in [0.15, 0.2) is 24.3 Å². The zero-order chi connectivity index (χ0) is 16.3. The van der Waals surface area contributed by atoms with Crippen LogP contribution >= 0.6 is 0 Å². The van der Waals surface area contributed by atoms with Crippen LogP contribution in [-0.2, 0) is 14.3 Å². The van der Waals surface area contributed by atoms with E-state index in [4.69, 9.17) is 25.7 Å². The lowest BCUT2D eigenvalue weighted by molar-refractivity contribution is -0.276. The molecular formula is C14H20N2O6. The van der Waals surface area contributed by atoms with E-state index in [1.54, 1.807) is 31.2 Å². The van der Waals surface area contributed by atoms with E-state index in [1.807, 2.05) is 0 Å². The van der Waals surface area contributed by atoms with Crippen LogP contribution in [0.3, 0.4) is 0 Å². The Morgan fingerprint density at radius 2 is 1.91 bits per heavy atom. The van der Waals surface area contributed by atoms with Gasteiger partial charge in [0.05, 0.1) is 6.10 Å². The summed E-state index contributed by atoms with van der Waals surface area (Å²) in [4.78, 5) is 10.8. The molecule has 0 bridgehead atoms. The highest BCUT2D eigenvalue weighted by Gasteiger charge is 2.45. The van der Waals surface area contributed by atoms with Crippen LogP contribution in [-0.4, -0.2) is 53.4 Å². The Kier molecular flexibility index (Phi) is 5.19. The van der Waals surface area contributed by atoms with E-state index >= 15 is 0 Å². The summed E-state index contributed by atoms with van der Waals surface area (Å²) in [5.74, 6) is -0.259. The topological polar surface area (TPSA) is 137 Å². The lowest BCUT2D eigenvalue weighted by Gasteiger charge is -2.40. The molecule has 8 heteroatoms. The van der Waals surface area contributed by atoms with Crippen molar-refractivity contribution in [1.82, 2.24) is 0 Å². The van der Waals surface area contributed by atoms with Crippen molar-refractivity contribution in [2.75, 3.05) is 12.3 Å². The largest absolute Gasteiger partial charge is 0.462 e. The summed E-state index contributed by atoms with van der Waals surface area (Å²) in [5.41, 5.74) is 11.2. The SMILES string of the molecule is C[C@@H]1O[C@H](Oc2ccc(N)cc2)[C@@H](O)[C@H](OCC(N)=O)[C@@H]1O. The third-order valence-electron chi connectivity index (χ3n) is 3.33. The molecule has 0 aliphatic carbocycles. The van der Waals surface area contributed by atoms with Gasteiger partial charge in [-0.15, -0.1) is 0 Å². The number of anilines is 1. The first-order valence-corrected chi connectivity index (χ1v) is 6.82. The molecule has 5 atom stereocenters. The van der Waals surface area contributed by atoms with Crippen LogP contribution in [0.25, 0.3) is 0 Å². The number of aliphatic hydroxyl groups excluding tert-OH is 2. The van der Waals surface area contributed by atoms with E-state index in [-0.39, 0.29) is 0 Å². The van der Waals surface area contributed by atoms with Gasteiger partial charge in [-0.1, -0.05) is 0 Å². The van der Waals surface area contributed by atoms with Crippen LogP contribution in [0.5, 0.6) is 5.75 Å². The quantitative estimate of drug-likeness (QED) is 0.511. The summed E-state index contributed by atoms with van der Waals surface area (Å²) in [5, 5.41) is 20.2. The van der Waals surface area contributed by atoms with Crippen molar-refractivity contribution in [3.8, 4) is 5.75 Å². The molecule has 1 fully saturated rings. The lowest BCUT2D eigenvalue weighted by atomic mass is 9.99. The number of ether oxygens (including phenoxy) is 3. The number of amides is 1. The van der Waals surface area contributed by atoms with Crippen molar-refractivity contribution in [2.45, 2.75) is 37.6 Å². The van der Waals surface area contributed by atoms with E-state index in [1.165, 1.54) is 0 Å². The first-order valence-electron chi connectivity index (χ1n) is 6.82. The van der Waals surface area contributed by atoms with E-state index in [2.05, 4.69) is 0 Å². The van der Waals surface area contributed by atoms with Gasteiger partial charge in [0.2, 0.25) is 12.2 Å². The maximum atomic E-state index is 10.8. The highest BCUT2D eigenvalue weighted by atomic mass is 16.7. The number of aliphatic hydroxyl groups is 2. The Hall–Kier alpha value is -1.87. The van der Waals surface area contributed by atoms with Crippen molar-refractivity contribution in [2.24, 2.45) is 5.73 Å². The normalized spacial score (nSPS) is 31.7. The molecule has 122 valence electrons. The average molecular weight is 312 g/mol. The Balaban J connectivity index is 2.07. The number of benzene rings is 1. The molecule has 6 N–H and O–H groups in total. The summed E-state index contributed by atoms with van der Waals surface area (Å²) < 4.78 is 16.1. The van der Waals surface area contributed by atoms with Crippen LogP contribution in [0, 0.1) is 0 Å². The molecule has 8 nitrogen and oxygen atoms in total. The number of nitrogen functional groups attached to an aromatic ring is 1. The molecule has 1 saturated heterocycles. The molecular weight excluding hydrogens is 292 g/mol. The third-order valence-corrected chi connectivity index (χ3v) is 3.33. The summed E-state index contributed by atoms with van der Waals surface area (Å²) >= 11 is 0. The Bertz CT molecular complexity index is 509. The number of rotatable bonds is 5. The van der Waals surface area contributed by atoms with Crippen LogP contribution in [0.2, 0.25) is 0 Å². The second kappa shape index (κ2) is 6.93. The standard InChI is InChI=1S/C14H20N2O6/c1-7-11(18)13(20-6-10(16)17)12(19)14(21-7)22-9-4-2-8(15)3-5-9/h2-5,7,11-14,18-19H,6,15H2,1H3,(H2,16,17)/t7-,11+,12-,13+,14+/m0/s1. The first kappa shape index (κ1) is 16.5. The second-order valence-corrected chi connectivity index (χ2v) is 5.12. The molecule has 0 saturated carbocycles. The van der Waals surface area contributed by atoms with E-state index in [0.717, 1.165) is 0 Å². The summed E-state index contributed by atoms with van der Waals surface area (Å²) in [6, 6.07) is 6.54. The number of hydrogen-bond donors (Lipinski definition) is 4. The molecule has 1 heterocycles. The van der Waals surface area contributed by atoms with Gasteiger partial charge in [0.1, 0.15) is 30.7 Å². The van der Waals surface area contributed by atoms with Crippen molar-refractivity contribution >= 4 is 11.6 Å². The minimum atomic E-state index is -1.29. The molecule has 0 aromatic heterocycles. The molecule has 1 aromatic rings. The lowest BCUT2D eigenvalue weighted by Crippen LogP contribution is -2.59. The van der Waals surface area contributed by atoms with Gasteiger partial charge in [0.25, 0.3) is 0 Å². The van der Waals surface area contributed by atoms with Gasteiger partial charge in [-0.2, -0.15) is 0 Å². The van der Waals surface area contributed by atoms with Gasteiger partial charge >= 0.3 is 0 Å². The molecule has 1 aliphatic heterocycles. The average Bonchev–Trinajstić information content (AvgIpc) is 2.46. The van der Waals surface area contributed by atoms with E-state index in [9.17, 15) is 15.0 Å².